The molecule has 7 heteroatoms. The zero-order chi connectivity index (χ0) is 24.4. The van der Waals surface area contributed by atoms with Crippen molar-refractivity contribution in [3.63, 3.8) is 0 Å². The van der Waals surface area contributed by atoms with Crippen molar-refractivity contribution in [2.24, 2.45) is 11.0 Å². The minimum Gasteiger partial charge on any atom is -0.407 e. The monoisotopic (exact) mass is 481 g/mol. The van der Waals surface area contributed by atoms with E-state index in [1.54, 1.807) is 0 Å². The van der Waals surface area contributed by atoms with Crippen molar-refractivity contribution >= 4 is 18.7 Å². The molecule has 0 spiro atoms. The molecule has 1 unspecified atom stereocenters. The summed E-state index contributed by atoms with van der Waals surface area (Å²) in [6.07, 6.45) is 3.80. The lowest BCUT2D eigenvalue weighted by molar-refractivity contribution is -0.170. The summed E-state index contributed by atoms with van der Waals surface area (Å²) in [6.45, 7) is 10.5. The van der Waals surface area contributed by atoms with E-state index in [2.05, 4.69) is 86.3 Å². The second-order valence-corrected chi connectivity index (χ2v) is 14.4. The largest absolute Gasteiger partial charge is 0.407 e. The molecule has 1 aliphatic heterocycles. The van der Waals surface area contributed by atoms with E-state index in [9.17, 15) is 5.53 Å². The van der Waals surface area contributed by atoms with Crippen LogP contribution in [0.5, 0.6) is 0 Å². The summed E-state index contributed by atoms with van der Waals surface area (Å²) in [5.74, 6) is 0.0552. The molecule has 0 aliphatic carbocycles. The fourth-order valence-electron chi connectivity index (χ4n) is 4.88. The van der Waals surface area contributed by atoms with E-state index in [1.165, 1.54) is 10.4 Å². The van der Waals surface area contributed by atoms with Gasteiger partial charge in [0, 0.05) is 18.1 Å². The molecule has 184 valence electrons. The van der Waals surface area contributed by atoms with Crippen LogP contribution >= 0.6 is 0 Å². The minimum absolute atomic E-state index is 0.0552. The molecule has 3 atom stereocenters. The third kappa shape index (κ3) is 6.29. The molecular formula is C27H39N3O3Si. The first-order chi connectivity index (χ1) is 16.4. The molecular weight excluding hydrogens is 442 g/mol. The number of ether oxygens (including phenoxy) is 2. The van der Waals surface area contributed by atoms with E-state index < -0.39 is 8.32 Å². The normalized spacial score (nSPS) is 18.6. The molecule has 6 nitrogen and oxygen atoms in total. The minimum atomic E-state index is -2.70. The lowest BCUT2D eigenvalue weighted by Crippen LogP contribution is -2.67. The van der Waals surface area contributed by atoms with Crippen LogP contribution < -0.4 is 10.4 Å². The molecule has 3 rings (SSSR count). The fraction of sp³-hybridized carbons (Fsp3) is 0.556. The molecule has 0 amide bonds. The van der Waals surface area contributed by atoms with Crippen LogP contribution in [0.15, 0.2) is 65.8 Å². The van der Waals surface area contributed by atoms with Crippen LogP contribution in [0, 0.1) is 5.92 Å². The van der Waals surface area contributed by atoms with E-state index >= 15 is 0 Å². The zero-order valence-electron chi connectivity index (χ0n) is 21.0. The predicted octanol–water partition coefficient (Wildman–Crippen LogP) is 5.81. The third-order valence-corrected chi connectivity index (χ3v) is 11.8. The quantitative estimate of drug-likeness (QED) is 0.176. The van der Waals surface area contributed by atoms with Gasteiger partial charge in [0.2, 0.25) is 0 Å². The number of azide groups is 1. The lowest BCUT2D eigenvalue weighted by Gasteiger charge is -2.44. The van der Waals surface area contributed by atoms with Crippen molar-refractivity contribution in [2.75, 3.05) is 19.8 Å². The van der Waals surface area contributed by atoms with Crippen LogP contribution in [0.25, 0.3) is 10.4 Å². The Labute approximate surface area is 205 Å². The van der Waals surface area contributed by atoms with Crippen LogP contribution in [-0.4, -0.2) is 40.5 Å². The summed E-state index contributed by atoms with van der Waals surface area (Å²) in [6, 6.07) is 20.8. The summed E-state index contributed by atoms with van der Waals surface area (Å²) in [7, 11) is -2.70. The van der Waals surface area contributed by atoms with Crippen molar-refractivity contribution in [1.82, 2.24) is 0 Å². The molecule has 2 aromatic carbocycles. The zero-order valence-corrected chi connectivity index (χ0v) is 22.0. The molecule has 0 aromatic heterocycles. The number of benzene rings is 2. The average molecular weight is 482 g/mol. The standard InChI is InChI=1S/C27H39N3O3Si/c1-5-22(20-32-26-18-12-13-19-31-26)25(29-30-28)21-33-34(27(2,3)4,23-14-8-6-9-15-23)24-16-10-7-11-17-24/h6-11,14-17,22,25-26H,5,12-13,18-21H2,1-4H3/t22-,25-,26?/m1/s1. The van der Waals surface area contributed by atoms with E-state index in [1.807, 2.05) is 12.1 Å². The highest BCUT2D eigenvalue weighted by Gasteiger charge is 2.50. The third-order valence-electron chi connectivity index (χ3n) is 6.79. The smallest absolute Gasteiger partial charge is 0.261 e. The summed E-state index contributed by atoms with van der Waals surface area (Å²) >= 11 is 0. The molecule has 1 aliphatic rings. The Morgan fingerprint density at radius 1 is 1.03 bits per heavy atom. The first-order valence-electron chi connectivity index (χ1n) is 12.4. The van der Waals surface area contributed by atoms with Gasteiger partial charge in [-0.25, -0.2) is 0 Å². The molecule has 1 saturated heterocycles. The first kappa shape index (κ1) is 26.5. The van der Waals surface area contributed by atoms with E-state index in [4.69, 9.17) is 13.9 Å². The topological polar surface area (TPSA) is 76.5 Å². The Balaban J connectivity index is 1.89. The highest BCUT2D eigenvalue weighted by Crippen LogP contribution is 2.37. The summed E-state index contributed by atoms with van der Waals surface area (Å²) in [5.41, 5.74) is 9.37. The van der Waals surface area contributed by atoms with Crippen molar-refractivity contribution in [3.8, 4) is 0 Å². The van der Waals surface area contributed by atoms with Gasteiger partial charge in [-0.2, -0.15) is 0 Å². The molecule has 0 radical (unpaired) electrons. The number of rotatable bonds is 11. The molecule has 0 N–H and O–H groups in total. The highest BCUT2D eigenvalue weighted by atomic mass is 28.4. The summed E-state index contributed by atoms with van der Waals surface area (Å²) in [5, 5.41) is 6.49. The Bertz CT molecular complexity index is 868. The van der Waals surface area contributed by atoms with Crippen LogP contribution in [-0.2, 0) is 13.9 Å². The maximum absolute atomic E-state index is 9.37. The Morgan fingerprint density at radius 3 is 2.12 bits per heavy atom. The molecule has 1 fully saturated rings. The van der Waals surface area contributed by atoms with E-state index in [0.717, 1.165) is 32.3 Å². The van der Waals surface area contributed by atoms with Gasteiger partial charge in [0.1, 0.15) is 0 Å². The second kappa shape index (κ2) is 12.5. The Kier molecular flexibility index (Phi) is 9.74. The van der Waals surface area contributed by atoms with Gasteiger partial charge in [0.05, 0.1) is 12.6 Å². The fourth-order valence-corrected chi connectivity index (χ4v) is 9.45. The maximum atomic E-state index is 9.37. The molecule has 0 saturated carbocycles. The summed E-state index contributed by atoms with van der Waals surface area (Å²) < 4.78 is 18.9. The molecule has 34 heavy (non-hydrogen) atoms. The number of hydrogen-bond acceptors (Lipinski definition) is 4. The average Bonchev–Trinajstić information content (AvgIpc) is 2.86. The lowest BCUT2D eigenvalue weighted by atomic mass is 9.99. The van der Waals surface area contributed by atoms with Gasteiger partial charge >= 0.3 is 0 Å². The molecule has 2 aromatic rings. The van der Waals surface area contributed by atoms with Gasteiger partial charge in [0.15, 0.2) is 6.29 Å². The summed E-state index contributed by atoms with van der Waals surface area (Å²) in [4.78, 5) is 3.18. The van der Waals surface area contributed by atoms with Crippen molar-refractivity contribution in [3.05, 3.63) is 71.1 Å². The first-order valence-corrected chi connectivity index (χ1v) is 14.4. The molecule has 1 heterocycles. The van der Waals surface area contributed by atoms with Gasteiger partial charge in [-0.1, -0.05) is 99.9 Å². The SMILES string of the molecule is CC[C@H](COC1CCCCO1)[C@@H](CO[Si](c1ccccc1)(c1ccccc1)C(C)(C)C)N=[N+]=[N-]. The van der Waals surface area contributed by atoms with Gasteiger partial charge in [-0.05, 0) is 46.1 Å². The highest BCUT2D eigenvalue weighted by molar-refractivity contribution is 6.99. The molecule has 0 bridgehead atoms. The van der Waals surface area contributed by atoms with E-state index in [0.29, 0.717) is 13.2 Å². The second-order valence-electron chi connectivity index (χ2n) is 10.0. The predicted molar refractivity (Wildman–Crippen MR) is 140 cm³/mol. The van der Waals surface area contributed by atoms with Crippen LogP contribution in [0.4, 0.5) is 0 Å². The van der Waals surface area contributed by atoms with E-state index in [-0.39, 0.29) is 23.3 Å². The van der Waals surface area contributed by atoms with Crippen molar-refractivity contribution in [1.29, 1.82) is 0 Å². The number of nitrogens with zero attached hydrogens (tertiary/aromatic N) is 3. The maximum Gasteiger partial charge on any atom is 0.261 e. The Morgan fingerprint density at radius 2 is 1.65 bits per heavy atom. The Hall–Kier alpha value is -2.15. The van der Waals surface area contributed by atoms with Gasteiger partial charge in [-0.15, -0.1) is 0 Å². The van der Waals surface area contributed by atoms with Gasteiger partial charge in [0.25, 0.3) is 8.32 Å². The van der Waals surface area contributed by atoms with Crippen LogP contribution in [0.1, 0.15) is 53.4 Å². The number of hydrogen-bond donors (Lipinski definition) is 0. The van der Waals surface area contributed by atoms with Crippen molar-refractivity contribution in [2.45, 2.75) is 70.7 Å². The van der Waals surface area contributed by atoms with Crippen LogP contribution in [0.3, 0.4) is 0 Å². The van der Waals surface area contributed by atoms with Crippen molar-refractivity contribution < 1.29 is 13.9 Å². The van der Waals surface area contributed by atoms with Gasteiger partial charge in [-0.3, -0.25) is 0 Å². The van der Waals surface area contributed by atoms with Crippen LogP contribution in [0.2, 0.25) is 5.04 Å². The van der Waals surface area contributed by atoms with Gasteiger partial charge < -0.3 is 13.9 Å².